The number of ether oxygens (including phenoxy) is 3. The normalized spacial score (nSPS) is 13.1. The molecular weight excluding hydrogens is 314 g/mol. The van der Waals surface area contributed by atoms with E-state index in [9.17, 15) is 14.4 Å². The highest BCUT2D eigenvalue weighted by atomic mass is 16.5. The van der Waals surface area contributed by atoms with Crippen molar-refractivity contribution in [3.63, 3.8) is 0 Å². The van der Waals surface area contributed by atoms with E-state index in [0.29, 0.717) is 0 Å². The molecule has 1 aromatic rings. The number of esters is 3. The first-order valence-corrected chi connectivity index (χ1v) is 7.43. The molecular formula is C17H21NO6. The molecule has 7 heteroatoms. The van der Waals surface area contributed by atoms with Crippen molar-refractivity contribution in [2.24, 2.45) is 10.9 Å². The maximum atomic E-state index is 12.2. The van der Waals surface area contributed by atoms with Crippen LogP contribution in [-0.4, -0.2) is 51.0 Å². The van der Waals surface area contributed by atoms with Crippen LogP contribution in [0.4, 0.5) is 0 Å². The Morgan fingerprint density at radius 2 is 1.75 bits per heavy atom. The molecule has 0 aliphatic heterocycles. The number of nitrogens with zero attached hydrogens (tertiary/aromatic N) is 1. The fourth-order valence-electron chi connectivity index (χ4n) is 2.00. The third-order valence-electron chi connectivity index (χ3n) is 3.21. The summed E-state index contributed by atoms with van der Waals surface area (Å²) in [5.74, 6) is -3.20. The third kappa shape index (κ3) is 5.83. The summed E-state index contributed by atoms with van der Waals surface area (Å²) in [6.07, 6.45) is 1.12. The lowest BCUT2D eigenvalue weighted by atomic mass is 9.96. The molecule has 0 N–H and O–H groups in total. The molecule has 130 valence electrons. The molecule has 7 nitrogen and oxygen atoms in total. The Morgan fingerprint density at radius 1 is 1.08 bits per heavy atom. The monoisotopic (exact) mass is 335 g/mol. The van der Waals surface area contributed by atoms with Gasteiger partial charge in [0.15, 0.2) is 6.04 Å². The molecule has 0 radical (unpaired) electrons. The lowest BCUT2D eigenvalue weighted by Gasteiger charge is -2.19. The highest BCUT2D eigenvalue weighted by Crippen LogP contribution is 2.18. The van der Waals surface area contributed by atoms with Crippen molar-refractivity contribution >= 4 is 24.1 Å². The summed E-state index contributed by atoms with van der Waals surface area (Å²) < 4.78 is 14.2. The van der Waals surface area contributed by atoms with Crippen LogP contribution in [-0.2, 0) is 28.6 Å². The fourth-order valence-corrected chi connectivity index (χ4v) is 2.00. The molecule has 24 heavy (non-hydrogen) atoms. The fraction of sp³-hybridized carbons (Fsp3) is 0.412. The third-order valence-corrected chi connectivity index (χ3v) is 3.21. The number of aliphatic imine (C=N–C) groups is 1. The van der Waals surface area contributed by atoms with Crippen molar-refractivity contribution in [2.45, 2.75) is 19.4 Å². The number of hydrogen-bond acceptors (Lipinski definition) is 7. The van der Waals surface area contributed by atoms with Crippen LogP contribution in [0.2, 0.25) is 0 Å². The van der Waals surface area contributed by atoms with Gasteiger partial charge in [-0.3, -0.25) is 14.6 Å². The number of carbonyl (C=O) groups excluding carboxylic acids is 3. The average Bonchev–Trinajstić information content (AvgIpc) is 2.61. The second-order valence-electron chi connectivity index (χ2n) is 4.80. The van der Waals surface area contributed by atoms with E-state index in [0.717, 1.165) is 5.56 Å². The Morgan fingerprint density at radius 3 is 2.29 bits per heavy atom. The van der Waals surface area contributed by atoms with Crippen molar-refractivity contribution < 1.29 is 28.6 Å². The van der Waals surface area contributed by atoms with Gasteiger partial charge in [0.2, 0.25) is 0 Å². The zero-order valence-electron chi connectivity index (χ0n) is 13.9. The number of benzene rings is 1. The number of carbonyl (C=O) groups is 3. The van der Waals surface area contributed by atoms with E-state index in [1.54, 1.807) is 19.1 Å². The first kappa shape index (κ1) is 19.3. The highest BCUT2D eigenvalue weighted by molar-refractivity contribution is 5.90. The van der Waals surface area contributed by atoms with E-state index < -0.39 is 29.9 Å². The lowest BCUT2D eigenvalue weighted by Crippen LogP contribution is -2.37. The molecule has 1 aromatic carbocycles. The Labute approximate surface area is 140 Å². The summed E-state index contributed by atoms with van der Waals surface area (Å²) in [6.45, 7) is 1.77. The number of rotatable bonds is 8. The molecule has 0 amide bonds. The number of hydrogen-bond donors (Lipinski definition) is 0. The van der Waals surface area contributed by atoms with E-state index in [1.165, 1.54) is 20.4 Å². The van der Waals surface area contributed by atoms with Crippen molar-refractivity contribution in [1.82, 2.24) is 0 Å². The van der Waals surface area contributed by atoms with Gasteiger partial charge in [-0.25, -0.2) is 4.79 Å². The van der Waals surface area contributed by atoms with Crippen LogP contribution < -0.4 is 0 Å². The Bertz CT molecular complexity index is 584. The second-order valence-corrected chi connectivity index (χ2v) is 4.80. The first-order valence-electron chi connectivity index (χ1n) is 7.43. The van der Waals surface area contributed by atoms with Crippen LogP contribution in [0.25, 0.3) is 0 Å². The lowest BCUT2D eigenvalue weighted by molar-refractivity contribution is -0.158. The molecule has 0 aromatic heterocycles. The minimum Gasteiger partial charge on any atom is -0.469 e. The molecule has 0 saturated carbocycles. The van der Waals surface area contributed by atoms with Gasteiger partial charge in [0.25, 0.3) is 0 Å². The smallest absolute Gasteiger partial charge is 0.331 e. The van der Waals surface area contributed by atoms with Gasteiger partial charge in [-0.1, -0.05) is 30.3 Å². The van der Waals surface area contributed by atoms with Crippen LogP contribution in [0.3, 0.4) is 0 Å². The molecule has 0 aliphatic rings. The Balaban J connectivity index is 3.11. The van der Waals surface area contributed by atoms with Crippen LogP contribution in [0, 0.1) is 5.92 Å². The predicted molar refractivity (Wildman–Crippen MR) is 86.6 cm³/mol. The minimum atomic E-state index is -1.20. The second kappa shape index (κ2) is 10.1. The van der Waals surface area contributed by atoms with Crippen LogP contribution >= 0.6 is 0 Å². The molecule has 2 unspecified atom stereocenters. The van der Waals surface area contributed by atoms with Gasteiger partial charge in [0.1, 0.15) is 5.92 Å². The number of methoxy groups -OCH3 is 2. The average molecular weight is 335 g/mol. The van der Waals surface area contributed by atoms with E-state index in [1.807, 2.05) is 18.2 Å². The zero-order valence-corrected chi connectivity index (χ0v) is 13.9. The maximum Gasteiger partial charge on any atom is 0.331 e. The van der Waals surface area contributed by atoms with Crippen molar-refractivity contribution in [2.75, 3.05) is 20.8 Å². The molecule has 0 saturated heterocycles. The quantitative estimate of drug-likeness (QED) is 0.405. The van der Waals surface area contributed by atoms with Gasteiger partial charge in [-0.15, -0.1) is 0 Å². The molecule has 1 rings (SSSR count). The van der Waals surface area contributed by atoms with Crippen molar-refractivity contribution in [3.05, 3.63) is 35.9 Å². The van der Waals surface area contributed by atoms with Crippen LogP contribution in [0.1, 0.15) is 18.9 Å². The van der Waals surface area contributed by atoms with Gasteiger partial charge in [0.05, 0.1) is 27.2 Å². The van der Waals surface area contributed by atoms with Crippen molar-refractivity contribution in [3.8, 4) is 0 Å². The molecule has 0 bridgehead atoms. The SMILES string of the molecule is CCOC(=O)C(N=Cc1ccccc1)C(CC(=O)OC)C(=O)OC. The summed E-state index contributed by atoms with van der Waals surface area (Å²) in [7, 11) is 2.37. The molecule has 0 fully saturated rings. The molecule has 0 aliphatic carbocycles. The minimum absolute atomic E-state index is 0.127. The van der Waals surface area contributed by atoms with E-state index in [-0.39, 0.29) is 13.0 Å². The Kier molecular flexibility index (Phi) is 8.18. The predicted octanol–water partition coefficient (Wildman–Crippen LogP) is 1.39. The largest absolute Gasteiger partial charge is 0.469 e. The highest BCUT2D eigenvalue weighted by Gasteiger charge is 2.37. The zero-order chi connectivity index (χ0) is 17.9. The summed E-state index contributed by atoms with van der Waals surface area (Å²) in [5, 5.41) is 0. The van der Waals surface area contributed by atoms with E-state index in [4.69, 9.17) is 9.47 Å². The van der Waals surface area contributed by atoms with Crippen LogP contribution in [0.15, 0.2) is 35.3 Å². The summed E-state index contributed by atoms with van der Waals surface area (Å²) in [4.78, 5) is 39.9. The van der Waals surface area contributed by atoms with Crippen molar-refractivity contribution in [1.29, 1.82) is 0 Å². The summed E-state index contributed by atoms with van der Waals surface area (Å²) in [6, 6.07) is 7.85. The topological polar surface area (TPSA) is 91.3 Å². The van der Waals surface area contributed by atoms with E-state index in [2.05, 4.69) is 9.73 Å². The van der Waals surface area contributed by atoms with Gasteiger partial charge in [-0.2, -0.15) is 0 Å². The summed E-state index contributed by atoms with van der Waals surface area (Å²) in [5.41, 5.74) is 0.744. The molecule has 0 spiro atoms. The van der Waals surface area contributed by atoms with Gasteiger partial charge < -0.3 is 14.2 Å². The van der Waals surface area contributed by atoms with Gasteiger partial charge >= 0.3 is 17.9 Å². The maximum absolute atomic E-state index is 12.2. The molecule has 0 heterocycles. The van der Waals surface area contributed by atoms with Crippen LogP contribution in [0.5, 0.6) is 0 Å². The molecule has 2 atom stereocenters. The van der Waals surface area contributed by atoms with Gasteiger partial charge in [0, 0.05) is 6.21 Å². The first-order chi connectivity index (χ1) is 11.5. The van der Waals surface area contributed by atoms with E-state index >= 15 is 0 Å². The summed E-state index contributed by atoms with van der Waals surface area (Å²) >= 11 is 0. The standard InChI is InChI=1S/C17H21NO6/c1-4-24-17(21)15(18-11-12-8-6-5-7-9-12)13(16(20)23-3)10-14(19)22-2/h5-9,11,13,15H,4,10H2,1-3H3. The van der Waals surface area contributed by atoms with Gasteiger partial charge in [-0.05, 0) is 12.5 Å². The Hall–Kier alpha value is -2.70.